The molecule has 31 heavy (non-hydrogen) atoms. The molecule has 1 aliphatic rings. The molecule has 1 fully saturated rings. The number of hydrogen-bond acceptors (Lipinski definition) is 4. The molecule has 3 aromatic carbocycles. The van der Waals surface area contributed by atoms with Crippen LogP contribution in [0.1, 0.15) is 18.4 Å². The molecule has 162 valence electrons. The summed E-state index contributed by atoms with van der Waals surface area (Å²) < 4.78 is 45.5. The van der Waals surface area contributed by atoms with Crippen molar-refractivity contribution in [2.24, 2.45) is 0 Å². The maximum atomic E-state index is 13.2. The van der Waals surface area contributed by atoms with E-state index >= 15 is 0 Å². The van der Waals surface area contributed by atoms with E-state index in [9.17, 15) is 17.6 Å². The Morgan fingerprint density at radius 2 is 1.81 bits per heavy atom. The van der Waals surface area contributed by atoms with Gasteiger partial charge in [0, 0.05) is 13.1 Å². The molecule has 1 amide bonds. The van der Waals surface area contributed by atoms with Crippen LogP contribution in [0.5, 0.6) is 5.75 Å². The van der Waals surface area contributed by atoms with Gasteiger partial charge in [-0.25, -0.2) is 12.8 Å². The third-order valence-corrected chi connectivity index (χ3v) is 7.43. The highest BCUT2D eigenvalue weighted by Gasteiger charge is 2.39. The lowest BCUT2D eigenvalue weighted by molar-refractivity contribution is -0.124. The van der Waals surface area contributed by atoms with E-state index in [1.807, 2.05) is 36.4 Å². The molecule has 1 unspecified atom stereocenters. The number of carbonyl (C=O) groups is 1. The van der Waals surface area contributed by atoms with Crippen molar-refractivity contribution in [1.82, 2.24) is 9.62 Å². The first-order valence-electron chi connectivity index (χ1n) is 10.0. The van der Waals surface area contributed by atoms with Gasteiger partial charge in [0.05, 0.1) is 12.0 Å². The fraction of sp³-hybridized carbons (Fsp3) is 0.261. The molecule has 1 heterocycles. The highest BCUT2D eigenvalue weighted by Crippen LogP contribution is 2.27. The number of sulfonamides is 1. The second-order valence-corrected chi connectivity index (χ2v) is 9.38. The summed E-state index contributed by atoms with van der Waals surface area (Å²) in [5.41, 5.74) is 0.914. The number of carbonyl (C=O) groups excluding carboxylic acids is 1. The molecule has 1 saturated heterocycles. The number of nitrogens with zero attached hydrogens (tertiary/aromatic N) is 1. The van der Waals surface area contributed by atoms with Gasteiger partial charge in [-0.1, -0.05) is 18.2 Å². The minimum atomic E-state index is -3.87. The van der Waals surface area contributed by atoms with Crippen molar-refractivity contribution in [3.8, 4) is 5.75 Å². The van der Waals surface area contributed by atoms with Gasteiger partial charge in [0.15, 0.2) is 0 Å². The third kappa shape index (κ3) is 4.40. The average Bonchev–Trinajstić information content (AvgIpc) is 3.28. The SMILES string of the molecule is COc1ccc2cc(CNC(=O)C3CCCN3S(=O)(=O)c3ccc(F)cc3)ccc2c1. The van der Waals surface area contributed by atoms with Gasteiger partial charge < -0.3 is 10.1 Å². The van der Waals surface area contributed by atoms with Gasteiger partial charge in [0.25, 0.3) is 0 Å². The van der Waals surface area contributed by atoms with Crippen molar-refractivity contribution in [1.29, 1.82) is 0 Å². The summed E-state index contributed by atoms with van der Waals surface area (Å²) in [5.74, 6) is -0.0706. The average molecular weight is 443 g/mol. The van der Waals surface area contributed by atoms with E-state index in [1.165, 1.54) is 16.4 Å². The topological polar surface area (TPSA) is 75.7 Å². The van der Waals surface area contributed by atoms with Gasteiger partial charge >= 0.3 is 0 Å². The Balaban J connectivity index is 1.46. The maximum absolute atomic E-state index is 13.2. The number of rotatable bonds is 6. The number of benzene rings is 3. The first-order chi connectivity index (χ1) is 14.9. The van der Waals surface area contributed by atoms with Crippen LogP contribution in [0.25, 0.3) is 10.8 Å². The monoisotopic (exact) mass is 442 g/mol. The first kappa shape index (κ1) is 21.3. The molecule has 6 nitrogen and oxygen atoms in total. The van der Waals surface area contributed by atoms with Crippen molar-refractivity contribution < 1.29 is 22.3 Å². The lowest BCUT2D eigenvalue weighted by Crippen LogP contribution is -2.45. The molecule has 1 atom stereocenters. The largest absolute Gasteiger partial charge is 0.497 e. The summed E-state index contributed by atoms with van der Waals surface area (Å²) in [6.45, 7) is 0.553. The second kappa shape index (κ2) is 8.64. The summed E-state index contributed by atoms with van der Waals surface area (Å²) >= 11 is 0. The lowest BCUT2D eigenvalue weighted by atomic mass is 10.1. The number of hydrogen-bond donors (Lipinski definition) is 1. The number of halogens is 1. The molecule has 0 saturated carbocycles. The van der Waals surface area contributed by atoms with Gasteiger partial charge in [-0.15, -0.1) is 0 Å². The molecule has 1 N–H and O–H groups in total. The fourth-order valence-corrected chi connectivity index (χ4v) is 5.51. The van der Waals surface area contributed by atoms with Gasteiger partial charge in [-0.05, 0) is 71.6 Å². The number of nitrogens with one attached hydrogen (secondary N) is 1. The molecule has 4 rings (SSSR count). The molecule has 0 spiro atoms. The third-order valence-electron chi connectivity index (χ3n) is 5.51. The van der Waals surface area contributed by atoms with Crippen LogP contribution >= 0.6 is 0 Å². The van der Waals surface area contributed by atoms with E-state index in [0.29, 0.717) is 19.4 Å². The summed E-state index contributed by atoms with van der Waals surface area (Å²) in [5, 5.41) is 4.91. The molecule has 0 aliphatic carbocycles. The first-order valence-corrected chi connectivity index (χ1v) is 11.4. The fourth-order valence-electron chi connectivity index (χ4n) is 3.85. The highest BCUT2D eigenvalue weighted by atomic mass is 32.2. The van der Waals surface area contributed by atoms with Gasteiger partial charge in [0.2, 0.25) is 15.9 Å². The van der Waals surface area contributed by atoms with Gasteiger partial charge in [-0.2, -0.15) is 4.31 Å². The maximum Gasteiger partial charge on any atom is 0.243 e. The lowest BCUT2D eigenvalue weighted by Gasteiger charge is -2.23. The Morgan fingerprint density at radius 3 is 2.55 bits per heavy atom. The van der Waals surface area contributed by atoms with Crippen molar-refractivity contribution in [2.45, 2.75) is 30.3 Å². The molecule has 8 heteroatoms. The number of fused-ring (bicyclic) bond motifs is 1. The Bertz CT molecular complexity index is 1210. The predicted octanol–water partition coefficient (Wildman–Crippen LogP) is 3.46. The van der Waals surface area contributed by atoms with Gasteiger partial charge in [0.1, 0.15) is 17.6 Å². The van der Waals surface area contributed by atoms with E-state index in [2.05, 4.69) is 5.32 Å². The molecule has 1 aliphatic heterocycles. The van der Waals surface area contributed by atoms with Gasteiger partial charge in [-0.3, -0.25) is 4.79 Å². The summed E-state index contributed by atoms with van der Waals surface area (Å²) in [7, 11) is -2.26. The van der Waals surface area contributed by atoms with Crippen LogP contribution < -0.4 is 10.1 Å². The smallest absolute Gasteiger partial charge is 0.243 e. The normalized spacial score (nSPS) is 17.0. The molecule has 0 radical (unpaired) electrons. The minimum Gasteiger partial charge on any atom is -0.497 e. The Hall–Kier alpha value is -2.97. The van der Waals surface area contributed by atoms with Crippen LogP contribution in [0, 0.1) is 5.82 Å². The minimum absolute atomic E-state index is 0.0152. The zero-order valence-corrected chi connectivity index (χ0v) is 17.9. The van der Waals surface area contributed by atoms with E-state index in [-0.39, 0.29) is 17.3 Å². The van der Waals surface area contributed by atoms with Crippen LogP contribution in [-0.2, 0) is 21.4 Å². The molecular weight excluding hydrogens is 419 g/mol. The number of ether oxygens (including phenoxy) is 1. The van der Waals surface area contributed by atoms with Crippen LogP contribution in [0.3, 0.4) is 0 Å². The zero-order valence-electron chi connectivity index (χ0n) is 17.0. The van der Waals surface area contributed by atoms with Crippen molar-refractivity contribution in [2.75, 3.05) is 13.7 Å². The van der Waals surface area contributed by atoms with E-state index in [1.54, 1.807) is 7.11 Å². The second-order valence-electron chi connectivity index (χ2n) is 7.49. The Kier molecular flexibility index (Phi) is 5.93. The van der Waals surface area contributed by atoms with Crippen LogP contribution in [-0.4, -0.2) is 38.3 Å². The molecule has 0 bridgehead atoms. The van der Waals surface area contributed by atoms with E-state index in [0.717, 1.165) is 34.2 Å². The molecule has 0 aromatic heterocycles. The van der Waals surface area contributed by atoms with Crippen LogP contribution in [0.4, 0.5) is 4.39 Å². The summed E-state index contributed by atoms with van der Waals surface area (Å²) in [4.78, 5) is 12.8. The number of amides is 1. The molecular formula is C23H23FN2O4S. The number of methoxy groups -OCH3 is 1. The predicted molar refractivity (Wildman–Crippen MR) is 116 cm³/mol. The van der Waals surface area contributed by atoms with E-state index in [4.69, 9.17) is 4.74 Å². The Labute approximate surface area is 180 Å². The highest BCUT2D eigenvalue weighted by molar-refractivity contribution is 7.89. The van der Waals surface area contributed by atoms with Crippen molar-refractivity contribution in [3.63, 3.8) is 0 Å². The van der Waals surface area contributed by atoms with Crippen LogP contribution in [0.15, 0.2) is 65.6 Å². The van der Waals surface area contributed by atoms with Crippen LogP contribution in [0.2, 0.25) is 0 Å². The summed E-state index contributed by atoms with van der Waals surface area (Å²) in [6.07, 6.45) is 1.04. The van der Waals surface area contributed by atoms with Crippen molar-refractivity contribution >= 4 is 26.7 Å². The standard InChI is InChI=1S/C23H23FN2O4S/c1-30-20-9-6-17-13-16(4-5-18(17)14-20)15-25-23(27)22-3-2-12-26(22)31(28,29)21-10-7-19(24)8-11-21/h4-11,13-14,22H,2-3,12,15H2,1H3,(H,25,27). The van der Waals surface area contributed by atoms with Crippen molar-refractivity contribution in [3.05, 3.63) is 72.0 Å². The molecule has 3 aromatic rings. The van der Waals surface area contributed by atoms with E-state index < -0.39 is 21.9 Å². The summed E-state index contributed by atoms with van der Waals surface area (Å²) in [6, 6.07) is 15.5. The quantitative estimate of drug-likeness (QED) is 0.634. The zero-order chi connectivity index (χ0) is 22.0. The Morgan fingerprint density at radius 1 is 1.10 bits per heavy atom.